The molecule has 0 bridgehead atoms. The summed E-state index contributed by atoms with van der Waals surface area (Å²) in [6.07, 6.45) is 4.23. The zero-order chi connectivity index (χ0) is 13.7. The van der Waals surface area contributed by atoms with E-state index in [4.69, 9.17) is 0 Å². The highest BCUT2D eigenvalue weighted by molar-refractivity contribution is 5.90. The van der Waals surface area contributed by atoms with Crippen LogP contribution in [-0.4, -0.2) is 32.6 Å². The van der Waals surface area contributed by atoms with Gasteiger partial charge >= 0.3 is 0 Å². The number of carbonyl (C=O) groups is 1. The van der Waals surface area contributed by atoms with Crippen LogP contribution in [0.15, 0.2) is 24.5 Å². The Morgan fingerprint density at radius 3 is 2.74 bits per heavy atom. The monoisotopic (exact) mass is 259 g/mol. The SMILES string of the molecule is CC(C)c1nc(C(=O)NCCc2ccncc2)n[nH]1. The Bertz CT molecular complexity index is 535. The van der Waals surface area contributed by atoms with E-state index in [9.17, 15) is 4.79 Å². The van der Waals surface area contributed by atoms with E-state index in [0.717, 1.165) is 17.8 Å². The summed E-state index contributed by atoms with van der Waals surface area (Å²) in [6, 6.07) is 3.85. The lowest BCUT2D eigenvalue weighted by Crippen LogP contribution is -2.26. The standard InChI is InChI=1S/C13H17N5O/c1-9(2)11-16-12(18-17-11)13(19)15-8-5-10-3-6-14-7-4-10/h3-4,6-7,9H,5,8H2,1-2H3,(H,15,19)(H,16,17,18). The predicted octanol–water partition coefficient (Wildman–Crippen LogP) is 1.30. The Kier molecular flexibility index (Phi) is 4.22. The molecular weight excluding hydrogens is 242 g/mol. The van der Waals surface area contributed by atoms with Crippen molar-refractivity contribution in [2.75, 3.05) is 6.54 Å². The lowest BCUT2D eigenvalue weighted by molar-refractivity contribution is 0.0944. The van der Waals surface area contributed by atoms with Crippen molar-refractivity contribution >= 4 is 5.91 Å². The van der Waals surface area contributed by atoms with Gasteiger partial charge in [-0.1, -0.05) is 13.8 Å². The molecule has 2 rings (SSSR count). The molecule has 0 radical (unpaired) electrons. The number of aromatic amines is 1. The molecular formula is C13H17N5O. The second kappa shape index (κ2) is 6.08. The van der Waals surface area contributed by atoms with Gasteiger partial charge in [0.1, 0.15) is 5.82 Å². The smallest absolute Gasteiger partial charge is 0.290 e. The van der Waals surface area contributed by atoms with Crippen LogP contribution in [0, 0.1) is 0 Å². The predicted molar refractivity (Wildman–Crippen MR) is 70.7 cm³/mol. The number of nitrogens with zero attached hydrogens (tertiary/aromatic N) is 3. The molecule has 19 heavy (non-hydrogen) atoms. The molecule has 2 N–H and O–H groups in total. The summed E-state index contributed by atoms with van der Waals surface area (Å²) in [6.45, 7) is 4.53. The number of pyridine rings is 1. The Labute approximate surface area is 111 Å². The summed E-state index contributed by atoms with van der Waals surface area (Å²) >= 11 is 0. The second-order valence-electron chi connectivity index (χ2n) is 4.56. The van der Waals surface area contributed by atoms with Crippen molar-refractivity contribution < 1.29 is 4.79 Å². The third kappa shape index (κ3) is 3.61. The van der Waals surface area contributed by atoms with Gasteiger partial charge in [0.25, 0.3) is 5.91 Å². The topological polar surface area (TPSA) is 83.6 Å². The minimum absolute atomic E-state index is 0.193. The van der Waals surface area contributed by atoms with Gasteiger partial charge in [-0.25, -0.2) is 4.98 Å². The molecule has 2 heterocycles. The van der Waals surface area contributed by atoms with Gasteiger partial charge in [-0.15, -0.1) is 5.10 Å². The summed E-state index contributed by atoms with van der Waals surface area (Å²) in [5.41, 5.74) is 1.13. The van der Waals surface area contributed by atoms with Crippen molar-refractivity contribution in [3.63, 3.8) is 0 Å². The highest BCUT2D eigenvalue weighted by atomic mass is 16.2. The zero-order valence-electron chi connectivity index (χ0n) is 11.1. The molecule has 0 saturated heterocycles. The van der Waals surface area contributed by atoms with Gasteiger partial charge in [0.05, 0.1) is 0 Å². The highest BCUT2D eigenvalue weighted by Crippen LogP contribution is 2.07. The number of rotatable bonds is 5. The molecule has 6 heteroatoms. The molecule has 0 fully saturated rings. The van der Waals surface area contributed by atoms with Gasteiger partial charge in [-0.2, -0.15) is 0 Å². The Hall–Kier alpha value is -2.24. The van der Waals surface area contributed by atoms with Crippen LogP contribution < -0.4 is 5.32 Å². The minimum atomic E-state index is -0.253. The maximum atomic E-state index is 11.8. The first kappa shape index (κ1) is 13.2. The summed E-state index contributed by atoms with van der Waals surface area (Å²) < 4.78 is 0. The molecule has 0 spiro atoms. The van der Waals surface area contributed by atoms with Crippen molar-refractivity contribution in [1.82, 2.24) is 25.5 Å². The first-order valence-corrected chi connectivity index (χ1v) is 6.26. The molecule has 0 aromatic carbocycles. The third-order valence-electron chi connectivity index (χ3n) is 2.70. The van der Waals surface area contributed by atoms with Crippen molar-refractivity contribution in [2.45, 2.75) is 26.2 Å². The summed E-state index contributed by atoms with van der Waals surface area (Å²) in [7, 11) is 0. The van der Waals surface area contributed by atoms with E-state index >= 15 is 0 Å². The summed E-state index contributed by atoms with van der Waals surface area (Å²) in [4.78, 5) is 19.9. The normalized spacial score (nSPS) is 10.7. The average Bonchev–Trinajstić information content (AvgIpc) is 2.89. The summed E-state index contributed by atoms with van der Waals surface area (Å²) in [5.74, 6) is 0.890. The molecule has 0 aliphatic heterocycles. The second-order valence-corrected chi connectivity index (χ2v) is 4.56. The minimum Gasteiger partial charge on any atom is -0.349 e. The van der Waals surface area contributed by atoms with E-state index < -0.39 is 0 Å². The Balaban J connectivity index is 1.84. The largest absolute Gasteiger partial charge is 0.349 e. The van der Waals surface area contributed by atoms with Crippen LogP contribution in [0.25, 0.3) is 0 Å². The van der Waals surface area contributed by atoms with Crippen LogP contribution in [0.3, 0.4) is 0 Å². The molecule has 0 unspecified atom stereocenters. The van der Waals surface area contributed by atoms with E-state index in [0.29, 0.717) is 6.54 Å². The first-order chi connectivity index (χ1) is 9.16. The van der Waals surface area contributed by atoms with E-state index in [-0.39, 0.29) is 17.6 Å². The quantitative estimate of drug-likeness (QED) is 0.847. The van der Waals surface area contributed by atoms with Crippen LogP contribution in [0.2, 0.25) is 0 Å². The number of hydrogen-bond acceptors (Lipinski definition) is 4. The van der Waals surface area contributed by atoms with Crippen molar-refractivity contribution in [3.8, 4) is 0 Å². The fourth-order valence-corrected chi connectivity index (χ4v) is 1.58. The summed E-state index contributed by atoms with van der Waals surface area (Å²) in [5, 5.41) is 9.46. The van der Waals surface area contributed by atoms with E-state index in [1.165, 1.54) is 0 Å². The molecule has 2 aromatic heterocycles. The van der Waals surface area contributed by atoms with E-state index in [2.05, 4.69) is 25.5 Å². The number of H-pyrrole nitrogens is 1. The van der Waals surface area contributed by atoms with Crippen LogP contribution in [0.5, 0.6) is 0 Å². The number of hydrogen-bond donors (Lipinski definition) is 2. The van der Waals surface area contributed by atoms with Gasteiger partial charge in [0, 0.05) is 24.9 Å². The zero-order valence-corrected chi connectivity index (χ0v) is 11.1. The number of aromatic nitrogens is 4. The molecule has 2 aromatic rings. The van der Waals surface area contributed by atoms with Crippen molar-refractivity contribution in [1.29, 1.82) is 0 Å². The number of carbonyl (C=O) groups excluding carboxylic acids is 1. The molecule has 1 amide bonds. The van der Waals surface area contributed by atoms with Gasteiger partial charge in [-0.3, -0.25) is 14.9 Å². The average molecular weight is 259 g/mol. The van der Waals surface area contributed by atoms with Crippen LogP contribution >= 0.6 is 0 Å². The maximum absolute atomic E-state index is 11.8. The first-order valence-electron chi connectivity index (χ1n) is 6.26. The van der Waals surface area contributed by atoms with Crippen molar-refractivity contribution in [2.24, 2.45) is 0 Å². The number of nitrogens with one attached hydrogen (secondary N) is 2. The van der Waals surface area contributed by atoms with Gasteiger partial charge in [0.2, 0.25) is 5.82 Å². The van der Waals surface area contributed by atoms with Gasteiger partial charge in [0.15, 0.2) is 0 Å². The van der Waals surface area contributed by atoms with E-state index in [1.807, 2.05) is 26.0 Å². The molecule has 0 saturated carbocycles. The lowest BCUT2D eigenvalue weighted by Gasteiger charge is -2.02. The van der Waals surface area contributed by atoms with Gasteiger partial charge in [-0.05, 0) is 24.1 Å². The highest BCUT2D eigenvalue weighted by Gasteiger charge is 2.13. The number of amides is 1. The Morgan fingerprint density at radius 2 is 2.11 bits per heavy atom. The molecule has 0 aliphatic carbocycles. The van der Waals surface area contributed by atoms with Crippen LogP contribution in [0.4, 0.5) is 0 Å². The van der Waals surface area contributed by atoms with Gasteiger partial charge < -0.3 is 5.32 Å². The van der Waals surface area contributed by atoms with Crippen molar-refractivity contribution in [3.05, 3.63) is 41.7 Å². The molecule has 0 atom stereocenters. The molecule has 0 aliphatic rings. The van der Waals surface area contributed by atoms with Crippen LogP contribution in [-0.2, 0) is 6.42 Å². The lowest BCUT2D eigenvalue weighted by atomic mass is 10.2. The molecule has 6 nitrogen and oxygen atoms in total. The fourth-order valence-electron chi connectivity index (χ4n) is 1.58. The van der Waals surface area contributed by atoms with Crippen LogP contribution in [0.1, 0.15) is 41.8 Å². The Morgan fingerprint density at radius 1 is 1.37 bits per heavy atom. The fraction of sp³-hybridized carbons (Fsp3) is 0.385. The third-order valence-corrected chi connectivity index (χ3v) is 2.70. The maximum Gasteiger partial charge on any atom is 0.290 e. The molecule has 100 valence electrons. The van der Waals surface area contributed by atoms with E-state index in [1.54, 1.807) is 12.4 Å².